The van der Waals surface area contributed by atoms with Crippen molar-refractivity contribution in [3.8, 4) is 0 Å². The van der Waals surface area contributed by atoms with Gasteiger partial charge in [0.2, 0.25) is 0 Å². The van der Waals surface area contributed by atoms with Crippen LogP contribution in [0, 0.1) is 0 Å². The van der Waals surface area contributed by atoms with Gasteiger partial charge in [-0.25, -0.2) is 9.59 Å². The maximum Gasteiger partial charge on any atom is 0.330 e. The molecule has 0 aromatic rings. The van der Waals surface area contributed by atoms with Crippen LogP contribution in [0.2, 0.25) is 0 Å². The van der Waals surface area contributed by atoms with Crippen molar-refractivity contribution in [1.29, 1.82) is 0 Å². The van der Waals surface area contributed by atoms with Gasteiger partial charge >= 0.3 is 11.9 Å². The molecule has 0 bridgehead atoms. The van der Waals surface area contributed by atoms with Gasteiger partial charge in [-0.15, -0.1) is 0 Å². The predicted molar refractivity (Wildman–Crippen MR) is 56.9 cm³/mol. The Morgan fingerprint density at radius 2 is 1.12 bits per heavy atom. The SMILES string of the molecule is COC(=O)/C=C/C(=O)CC(=O)/C=C/C(=O)OC. The Labute approximate surface area is 97.9 Å². The predicted octanol–water partition coefficient (Wildman–Crippen LogP) is -0.0269. The molecular formula is C11H12O6. The molecular weight excluding hydrogens is 228 g/mol. The number of carbonyl (C=O) groups excluding carboxylic acids is 4. The fraction of sp³-hybridized carbons (Fsp3) is 0.273. The summed E-state index contributed by atoms with van der Waals surface area (Å²) >= 11 is 0. The maximum absolute atomic E-state index is 11.1. The molecule has 17 heavy (non-hydrogen) atoms. The molecule has 0 aliphatic heterocycles. The molecule has 92 valence electrons. The summed E-state index contributed by atoms with van der Waals surface area (Å²) < 4.78 is 8.52. The number of allylic oxidation sites excluding steroid dienone is 2. The zero-order valence-corrected chi connectivity index (χ0v) is 9.47. The first-order chi connectivity index (χ1) is 7.99. The van der Waals surface area contributed by atoms with Gasteiger partial charge in [0.1, 0.15) is 0 Å². The minimum absolute atomic E-state index is 0.430. The van der Waals surface area contributed by atoms with Gasteiger partial charge in [-0.3, -0.25) is 9.59 Å². The Bertz CT molecular complexity index is 341. The highest BCUT2D eigenvalue weighted by atomic mass is 16.5. The van der Waals surface area contributed by atoms with E-state index >= 15 is 0 Å². The molecule has 0 atom stereocenters. The largest absolute Gasteiger partial charge is 0.466 e. The number of rotatable bonds is 6. The van der Waals surface area contributed by atoms with Gasteiger partial charge in [0, 0.05) is 12.2 Å². The molecule has 0 aromatic heterocycles. The number of ether oxygens (including phenoxy) is 2. The van der Waals surface area contributed by atoms with Crippen LogP contribution in [-0.4, -0.2) is 37.7 Å². The number of ketones is 2. The average molecular weight is 240 g/mol. The fourth-order valence-electron chi connectivity index (χ4n) is 0.748. The van der Waals surface area contributed by atoms with Crippen LogP contribution in [0.1, 0.15) is 6.42 Å². The van der Waals surface area contributed by atoms with Gasteiger partial charge in [-0.1, -0.05) is 0 Å². The molecule has 0 fully saturated rings. The number of hydrogen-bond donors (Lipinski definition) is 0. The zero-order chi connectivity index (χ0) is 13.3. The minimum Gasteiger partial charge on any atom is -0.466 e. The Hall–Kier alpha value is -2.24. The second-order valence-electron chi connectivity index (χ2n) is 2.82. The molecule has 6 nitrogen and oxygen atoms in total. The van der Waals surface area contributed by atoms with E-state index in [1.54, 1.807) is 0 Å². The highest BCUT2D eigenvalue weighted by Crippen LogP contribution is 1.92. The van der Waals surface area contributed by atoms with Gasteiger partial charge in [-0.05, 0) is 12.2 Å². The van der Waals surface area contributed by atoms with Gasteiger partial charge in [-0.2, -0.15) is 0 Å². The lowest BCUT2D eigenvalue weighted by Gasteiger charge is -1.92. The quantitative estimate of drug-likeness (QED) is 0.368. The molecule has 0 heterocycles. The van der Waals surface area contributed by atoms with E-state index in [1.165, 1.54) is 14.2 Å². The number of methoxy groups -OCH3 is 2. The summed E-state index contributed by atoms with van der Waals surface area (Å²) in [4.78, 5) is 43.5. The molecule has 6 heteroatoms. The Balaban J connectivity index is 4.18. The lowest BCUT2D eigenvalue weighted by Crippen LogP contribution is -2.05. The molecule has 0 N–H and O–H groups in total. The van der Waals surface area contributed by atoms with Crippen LogP contribution in [0.4, 0.5) is 0 Å². The highest BCUT2D eigenvalue weighted by Gasteiger charge is 2.05. The normalized spacial score (nSPS) is 10.5. The van der Waals surface area contributed by atoms with E-state index in [9.17, 15) is 19.2 Å². The van der Waals surface area contributed by atoms with E-state index in [0.29, 0.717) is 0 Å². The molecule has 0 radical (unpaired) electrons. The van der Waals surface area contributed by atoms with Crippen molar-refractivity contribution in [2.45, 2.75) is 6.42 Å². The Morgan fingerprint density at radius 1 is 0.765 bits per heavy atom. The lowest BCUT2D eigenvalue weighted by atomic mass is 10.2. The Morgan fingerprint density at radius 3 is 1.41 bits per heavy atom. The molecule has 0 rings (SSSR count). The van der Waals surface area contributed by atoms with Crippen molar-refractivity contribution >= 4 is 23.5 Å². The molecule has 0 saturated heterocycles. The van der Waals surface area contributed by atoms with Crippen molar-refractivity contribution in [2.75, 3.05) is 14.2 Å². The van der Waals surface area contributed by atoms with E-state index in [0.717, 1.165) is 24.3 Å². The summed E-state index contributed by atoms with van der Waals surface area (Å²) in [6, 6.07) is 0. The van der Waals surface area contributed by atoms with Crippen LogP contribution in [0.15, 0.2) is 24.3 Å². The Kier molecular flexibility index (Phi) is 6.92. The van der Waals surface area contributed by atoms with Crippen molar-refractivity contribution in [3.63, 3.8) is 0 Å². The van der Waals surface area contributed by atoms with Gasteiger partial charge in [0.25, 0.3) is 0 Å². The van der Waals surface area contributed by atoms with E-state index in [-0.39, 0.29) is 0 Å². The first-order valence-corrected chi connectivity index (χ1v) is 4.57. The number of hydrogen-bond acceptors (Lipinski definition) is 6. The summed E-state index contributed by atoms with van der Waals surface area (Å²) in [5.74, 6) is -2.49. The summed E-state index contributed by atoms with van der Waals surface area (Å²) in [6.07, 6.45) is 3.28. The van der Waals surface area contributed by atoms with Gasteiger partial charge in [0.05, 0.1) is 20.6 Å². The fourth-order valence-corrected chi connectivity index (χ4v) is 0.748. The first kappa shape index (κ1) is 14.8. The summed E-state index contributed by atoms with van der Waals surface area (Å²) in [5.41, 5.74) is 0. The minimum atomic E-state index is -0.684. The molecule has 0 aliphatic carbocycles. The van der Waals surface area contributed by atoms with Crippen LogP contribution < -0.4 is 0 Å². The van der Waals surface area contributed by atoms with E-state index in [2.05, 4.69) is 9.47 Å². The molecule has 0 aromatic carbocycles. The third kappa shape index (κ3) is 7.66. The van der Waals surface area contributed by atoms with Gasteiger partial charge in [0.15, 0.2) is 11.6 Å². The molecule has 0 amide bonds. The number of carbonyl (C=O) groups is 4. The van der Waals surface area contributed by atoms with E-state index in [4.69, 9.17) is 0 Å². The third-order valence-electron chi connectivity index (χ3n) is 1.56. The van der Waals surface area contributed by atoms with Crippen LogP contribution >= 0.6 is 0 Å². The van der Waals surface area contributed by atoms with Crippen LogP contribution in [0.25, 0.3) is 0 Å². The second-order valence-corrected chi connectivity index (χ2v) is 2.82. The van der Waals surface area contributed by atoms with Gasteiger partial charge < -0.3 is 9.47 Å². The summed E-state index contributed by atoms with van der Waals surface area (Å²) in [5, 5.41) is 0. The first-order valence-electron chi connectivity index (χ1n) is 4.57. The van der Waals surface area contributed by atoms with Crippen molar-refractivity contribution < 1.29 is 28.7 Å². The maximum atomic E-state index is 11.1. The molecule has 0 unspecified atom stereocenters. The number of esters is 2. The van der Waals surface area contributed by atoms with Crippen LogP contribution in [0.3, 0.4) is 0 Å². The monoisotopic (exact) mass is 240 g/mol. The third-order valence-corrected chi connectivity index (χ3v) is 1.56. The van der Waals surface area contributed by atoms with Crippen molar-refractivity contribution in [3.05, 3.63) is 24.3 Å². The van der Waals surface area contributed by atoms with E-state index < -0.39 is 29.9 Å². The lowest BCUT2D eigenvalue weighted by molar-refractivity contribution is -0.135. The van der Waals surface area contributed by atoms with Crippen LogP contribution in [0.5, 0.6) is 0 Å². The topological polar surface area (TPSA) is 86.7 Å². The van der Waals surface area contributed by atoms with Crippen LogP contribution in [-0.2, 0) is 28.7 Å². The summed E-state index contributed by atoms with van der Waals surface area (Å²) in [6.45, 7) is 0. The highest BCUT2D eigenvalue weighted by molar-refractivity contribution is 6.10. The average Bonchev–Trinajstić information content (AvgIpc) is 2.32. The zero-order valence-electron chi connectivity index (χ0n) is 9.47. The van der Waals surface area contributed by atoms with Crippen molar-refractivity contribution in [2.24, 2.45) is 0 Å². The standard InChI is InChI=1S/C11H12O6/c1-16-10(14)5-3-8(12)7-9(13)4-6-11(15)17-2/h3-6H,7H2,1-2H3/b5-3+,6-4+. The van der Waals surface area contributed by atoms with Crippen molar-refractivity contribution in [1.82, 2.24) is 0 Å². The van der Waals surface area contributed by atoms with E-state index in [1.807, 2.05) is 0 Å². The molecule has 0 saturated carbocycles. The second kappa shape index (κ2) is 7.98. The molecule has 0 aliphatic rings. The summed E-state index contributed by atoms with van der Waals surface area (Å²) in [7, 11) is 2.34. The smallest absolute Gasteiger partial charge is 0.330 e. The molecule has 0 spiro atoms.